The highest BCUT2D eigenvalue weighted by Gasteiger charge is 1.82. The zero-order valence-corrected chi connectivity index (χ0v) is 6.57. The zero-order chi connectivity index (χ0) is 8.81. The van der Waals surface area contributed by atoms with Crippen LogP contribution in [0, 0.1) is 0 Å². The second-order valence-corrected chi connectivity index (χ2v) is 2.39. The largest absolute Gasteiger partial charge is 0.550 e. The van der Waals surface area contributed by atoms with Crippen molar-refractivity contribution in [2.45, 2.75) is 6.42 Å². The van der Waals surface area contributed by atoms with Crippen LogP contribution in [0.25, 0.3) is 6.08 Å². The van der Waals surface area contributed by atoms with Crippen molar-refractivity contribution in [3.8, 4) is 0 Å². The average molecular weight is 161 g/mol. The smallest absolute Gasteiger partial charge is 0.0452 e. The van der Waals surface area contributed by atoms with Gasteiger partial charge in [0.1, 0.15) is 0 Å². The molecule has 0 amide bonds. The van der Waals surface area contributed by atoms with E-state index >= 15 is 0 Å². The number of carbonyl (C=O) groups excluding carboxylic acids is 1. The van der Waals surface area contributed by atoms with Crippen molar-refractivity contribution in [1.82, 2.24) is 0 Å². The number of carboxylic acid groups (broad SMARTS) is 1. The van der Waals surface area contributed by atoms with Crippen LogP contribution in [0.5, 0.6) is 0 Å². The van der Waals surface area contributed by atoms with E-state index in [9.17, 15) is 9.90 Å². The van der Waals surface area contributed by atoms with Gasteiger partial charge < -0.3 is 9.90 Å². The Labute approximate surface area is 71.2 Å². The molecule has 0 atom stereocenters. The fraction of sp³-hybridized carbons (Fsp3) is 0.100. The molecule has 2 heteroatoms. The van der Waals surface area contributed by atoms with Crippen molar-refractivity contribution in [2.75, 3.05) is 0 Å². The molecule has 0 heterocycles. The first kappa shape index (κ1) is 8.53. The third kappa shape index (κ3) is 3.01. The highest BCUT2D eigenvalue weighted by Crippen LogP contribution is 2.01. The molecule has 62 valence electrons. The third-order valence-electron chi connectivity index (χ3n) is 1.39. The molecular weight excluding hydrogens is 152 g/mol. The number of carboxylic acids is 1. The zero-order valence-electron chi connectivity index (χ0n) is 6.57. The van der Waals surface area contributed by atoms with Crippen LogP contribution in [0.2, 0.25) is 0 Å². The van der Waals surface area contributed by atoms with Gasteiger partial charge in [-0.3, -0.25) is 0 Å². The van der Waals surface area contributed by atoms with E-state index in [1.807, 2.05) is 30.3 Å². The molecule has 1 aromatic rings. The van der Waals surface area contributed by atoms with Crippen LogP contribution in [-0.4, -0.2) is 5.97 Å². The summed E-state index contributed by atoms with van der Waals surface area (Å²) in [5.74, 6) is -1.05. The molecule has 12 heavy (non-hydrogen) atoms. The van der Waals surface area contributed by atoms with E-state index in [4.69, 9.17) is 0 Å². The Balaban J connectivity index is 2.52. The van der Waals surface area contributed by atoms with Crippen molar-refractivity contribution in [2.24, 2.45) is 0 Å². The van der Waals surface area contributed by atoms with E-state index in [1.165, 1.54) is 0 Å². The van der Waals surface area contributed by atoms with Gasteiger partial charge in [0.2, 0.25) is 0 Å². The Morgan fingerprint density at radius 2 is 2.00 bits per heavy atom. The molecule has 0 unspecified atom stereocenters. The molecule has 0 N–H and O–H groups in total. The standard InChI is InChI=1S/C10H10O2/c11-10(12)8-4-7-9-5-2-1-3-6-9/h1-7H,8H2,(H,11,12)/p-1/b7-4+. The Morgan fingerprint density at radius 1 is 1.33 bits per heavy atom. The van der Waals surface area contributed by atoms with E-state index in [2.05, 4.69) is 0 Å². The van der Waals surface area contributed by atoms with Crippen molar-refractivity contribution in [3.05, 3.63) is 42.0 Å². The van der Waals surface area contributed by atoms with Gasteiger partial charge in [-0.2, -0.15) is 0 Å². The van der Waals surface area contributed by atoms with Gasteiger partial charge in [-0.1, -0.05) is 42.5 Å². The monoisotopic (exact) mass is 161 g/mol. The molecule has 0 spiro atoms. The van der Waals surface area contributed by atoms with Gasteiger partial charge in [0.15, 0.2) is 0 Å². The van der Waals surface area contributed by atoms with E-state index < -0.39 is 5.97 Å². The molecule has 1 rings (SSSR count). The van der Waals surface area contributed by atoms with E-state index in [-0.39, 0.29) is 6.42 Å². The SMILES string of the molecule is O=C([O-])C/C=C/c1ccccc1. The summed E-state index contributed by atoms with van der Waals surface area (Å²) in [6, 6.07) is 9.53. The first-order valence-corrected chi connectivity index (χ1v) is 3.70. The molecule has 0 saturated heterocycles. The third-order valence-corrected chi connectivity index (χ3v) is 1.39. The van der Waals surface area contributed by atoms with Crippen molar-refractivity contribution in [1.29, 1.82) is 0 Å². The van der Waals surface area contributed by atoms with Gasteiger partial charge in [0.25, 0.3) is 0 Å². The summed E-state index contributed by atoms with van der Waals surface area (Å²) in [5, 5.41) is 10.0. The molecule has 0 aliphatic carbocycles. The predicted molar refractivity (Wildman–Crippen MR) is 45.1 cm³/mol. The van der Waals surface area contributed by atoms with Crippen LogP contribution in [-0.2, 0) is 4.79 Å². The molecule has 0 radical (unpaired) electrons. The molecule has 2 nitrogen and oxygen atoms in total. The van der Waals surface area contributed by atoms with Crippen molar-refractivity contribution in [3.63, 3.8) is 0 Å². The first-order valence-electron chi connectivity index (χ1n) is 3.70. The summed E-state index contributed by atoms with van der Waals surface area (Å²) < 4.78 is 0. The van der Waals surface area contributed by atoms with Crippen LogP contribution in [0.3, 0.4) is 0 Å². The molecular formula is C10H9O2-. The van der Waals surface area contributed by atoms with Crippen LogP contribution < -0.4 is 5.11 Å². The van der Waals surface area contributed by atoms with Gasteiger partial charge in [-0.25, -0.2) is 0 Å². The maximum atomic E-state index is 10.0. The molecule has 0 aliphatic heterocycles. The Hall–Kier alpha value is -1.57. The fourth-order valence-corrected chi connectivity index (χ4v) is 0.855. The van der Waals surface area contributed by atoms with E-state index in [1.54, 1.807) is 12.2 Å². The topological polar surface area (TPSA) is 40.1 Å². The van der Waals surface area contributed by atoms with Crippen LogP contribution >= 0.6 is 0 Å². The van der Waals surface area contributed by atoms with Crippen LogP contribution in [0.1, 0.15) is 12.0 Å². The summed E-state index contributed by atoms with van der Waals surface area (Å²) in [5.41, 5.74) is 0.999. The van der Waals surface area contributed by atoms with E-state index in [0.29, 0.717) is 0 Å². The molecule has 0 aromatic heterocycles. The summed E-state index contributed by atoms with van der Waals surface area (Å²) in [7, 11) is 0. The molecule has 0 aliphatic rings. The second-order valence-electron chi connectivity index (χ2n) is 2.39. The van der Waals surface area contributed by atoms with E-state index in [0.717, 1.165) is 5.56 Å². The van der Waals surface area contributed by atoms with Crippen molar-refractivity contribution < 1.29 is 9.90 Å². The minimum absolute atomic E-state index is 0.0328. The van der Waals surface area contributed by atoms with Gasteiger partial charge in [0, 0.05) is 12.4 Å². The van der Waals surface area contributed by atoms with Gasteiger partial charge >= 0.3 is 0 Å². The van der Waals surface area contributed by atoms with Crippen molar-refractivity contribution >= 4 is 12.0 Å². The summed E-state index contributed by atoms with van der Waals surface area (Å²) in [6.45, 7) is 0. The number of hydrogen-bond acceptors (Lipinski definition) is 2. The number of rotatable bonds is 3. The van der Waals surface area contributed by atoms with Gasteiger partial charge in [0.05, 0.1) is 0 Å². The summed E-state index contributed by atoms with van der Waals surface area (Å²) >= 11 is 0. The molecule has 1 aromatic carbocycles. The normalized spacial score (nSPS) is 10.3. The Bertz CT molecular complexity index is 275. The molecule has 0 bridgehead atoms. The quantitative estimate of drug-likeness (QED) is 0.659. The number of aliphatic carboxylic acids is 1. The minimum Gasteiger partial charge on any atom is -0.550 e. The number of carbonyl (C=O) groups is 1. The maximum absolute atomic E-state index is 10.0. The maximum Gasteiger partial charge on any atom is 0.0452 e. The lowest BCUT2D eigenvalue weighted by molar-refractivity contribution is -0.304. The Morgan fingerprint density at radius 3 is 2.58 bits per heavy atom. The predicted octanol–water partition coefficient (Wildman–Crippen LogP) is 0.840. The lowest BCUT2D eigenvalue weighted by Crippen LogP contribution is -2.20. The van der Waals surface area contributed by atoms with Crippen LogP contribution in [0.4, 0.5) is 0 Å². The molecule has 0 saturated carbocycles. The second kappa shape index (κ2) is 4.34. The number of benzene rings is 1. The first-order chi connectivity index (χ1) is 5.79. The average Bonchev–Trinajstić information content (AvgIpc) is 2.05. The summed E-state index contributed by atoms with van der Waals surface area (Å²) in [6.07, 6.45) is 3.30. The minimum atomic E-state index is -1.05. The highest BCUT2D eigenvalue weighted by molar-refractivity contribution is 5.68. The highest BCUT2D eigenvalue weighted by atomic mass is 16.4. The van der Waals surface area contributed by atoms with Crippen LogP contribution in [0.15, 0.2) is 36.4 Å². The molecule has 0 fully saturated rings. The lowest BCUT2D eigenvalue weighted by atomic mass is 10.2. The lowest BCUT2D eigenvalue weighted by Gasteiger charge is -1.94. The van der Waals surface area contributed by atoms with Gasteiger partial charge in [-0.15, -0.1) is 0 Å². The summed E-state index contributed by atoms with van der Waals surface area (Å²) in [4.78, 5) is 10.0. The van der Waals surface area contributed by atoms with Gasteiger partial charge in [-0.05, 0) is 5.56 Å². The fourth-order valence-electron chi connectivity index (χ4n) is 0.855. The number of hydrogen-bond donors (Lipinski definition) is 0. The Kier molecular flexibility index (Phi) is 3.08.